The molecule has 0 aliphatic heterocycles. The number of hydrogen-bond acceptors (Lipinski definition) is 2. The number of ether oxygens (including phenoxy) is 1. The molecule has 0 aromatic heterocycles. The van der Waals surface area contributed by atoms with Gasteiger partial charge in [0.2, 0.25) is 0 Å². The van der Waals surface area contributed by atoms with Crippen molar-refractivity contribution >= 4 is 0 Å². The molecule has 0 atom stereocenters. The highest BCUT2D eigenvalue weighted by molar-refractivity contribution is 5.26. The van der Waals surface area contributed by atoms with E-state index < -0.39 is 0 Å². The van der Waals surface area contributed by atoms with Gasteiger partial charge in [0.15, 0.2) is 0 Å². The molecule has 0 heterocycles. The van der Waals surface area contributed by atoms with E-state index in [1.54, 1.807) is 0 Å². The summed E-state index contributed by atoms with van der Waals surface area (Å²) in [6.45, 7) is 6.84. The van der Waals surface area contributed by atoms with Crippen LogP contribution in [0.4, 0.5) is 0 Å². The first kappa shape index (κ1) is 12.6. The Morgan fingerprint density at radius 3 is 2.59 bits per heavy atom. The summed E-state index contributed by atoms with van der Waals surface area (Å²) in [5.74, 6) is 0.908. The van der Waals surface area contributed by atoms with E-state index in [0.717, 1.165) is 31.7 Å². The predicted molar refractivity (Wildman–Crippen MR) is 70.8 cm³/mol. The predicted octanol–water partition coefficient (Wildman–Crippen LogP) is 3.11. The highest BCUT2D eigenvalue weighted by Gasteiger charge is 2.24. The zero-order valence-corrected chi connectivity index (χ0v) is 10.9. The van der Waals surface area contributed by atoms with Crippen LogP contribution < -0.4 is 5.32 Å². The van der Waals surface area contributed by atoms with Crippen LogP contribution in [0.2, 0.25) is 0 Å². The largest absolute Gasteiger partial charge is 0.377 e. The SMILES string of the molecule is CCOCc1ccccc1CNC1CC(C)C1. The van der Waals surface area contributed by atoms with Gasteiger partial charge >= 0.3 is 0 Å². The Balaban J connectivity index is 1.85. The lowest BCUT2D eigenvalue weighted by molar-refractivity contribution is 0.133. The summed E-state index contributed by atoms with van der Waals surface area (Å²) in [6.07, 6.45) is 2.65. The molecule has 0 bridgehead atoms. The zero-order valence-electron chi connectivity index (χ0n) is 10.9. The summed E-state index contributed by atoms with van der Waals surface area (Å²) in [5, 5.41) is 3.63. The normalized spacial score (nSPS) is 23.4. The van der Waals surface area contributed by atoms with Crippen molar-refractivity contribution in [3.8, 4) is 0 Å². The van der Waals surface area contributed by atoms with Crippen molar-refractivity contribution < 1.29 is 4.74 Å². The van der Waals surface area contributed by atoms with Crippen molar-refractivity contribution in [2.75, 3.05) is 6.61 Å². The minimum Gasteiger partial charge on any atom is -0.377 e. The van der Waals surface area contributed by atoms with Crippen LogP contribution in [0, 0.1) is 5.92 Å². The quantitative estimate of drug-likeness (QED) is 0.815. The maximum atomic E-state index is 5.50. The topological polar surface area (TPSA) is 21.3 Å². The van der Waals surface area contributed by atoms with Gasteiger partial charge in [-0.25, -0.2) is 0 Å². The smallest absolute Gasteiger partial charge is 0.0719 e. The van der Waals surface area contributed by atoms with Crippen LogP contribution in [0.1, 0.15) is 37.8 Å². The van der Waals surface area contributed by atoms with E-state index in [1.165, 1.54) is 24.0 Å². The van der Waals surface area contributed by atoms with E-state index in [9.17, 15) is 0 Å². The Kier molecular flexibility index (Phi) is 4.57. The molecule has 1 aromatic rings. The molecule has 1 N–H and O–H groups in total. The van der Waals surface area contributed by atoms with Gasteiger partial charge in [0, 0.05) is 19.2 Å². The van der Waals surface area contributed by atoms with Crippen molar-refractivity contribution in [3.05, 3.63) is 35.4 Å². The summed E-state index contributed by atoms with van der Waals surface area (Å²) in [7, 11) is 0. The number of nitrogens with one attached hydrogen (secondary N) is 1. The van der Waals surface area contributed by atoms with Crippen molar-refractivity contribution in [1.29, 1.82) is 0 Å². The van der Waals surface area contributed by atoms with E-state index in [-0.39, 0.29) is 0 Å². The molecule has 0 radical (unpaired) electrons. The minimum atomic E-state index is 0.727. The fourth-order valence-corrected chi connectivity index (χ4v) is 2.41. The second kappa shape index (κ2) is 6.18. The van der Waals surface area contributed by atoms with Gasteiger partial charge in [-0.1, -0.05) is 31.2 Å². The zero-order chi connectivity index (χ0) is 12.1. The second-order valence-electron chi connectivity index (χ2n) is 5.06. The molecule has 94 valence electrons. The standard InChI is InChI=1S/C15H23NO/c1-3-17-11-14-7-5-4-6-13(14)10-16-15-8-12(2)9-15/h4-7,12,15-16H,3,8-11H2,1-2H3. The lowest BCUT2D eigenvalue weighted by atomic mass is 9.82. The number of benzene rings is 1. The van der Waals surface area contributed by atoms with Crippen LogP contribution >= 0.6 is 0 Å². The van der Waals surface area contributed by atoms with Crippen LogP contribution in [-0.4, -0.2) is 12.6 Å². The molecule has 0 unspecified atom stereocenters. The molecule has 1 aromatic carbocycles. The summed E-state index contributed by atoms with van der Waals surface area (Å²) in [6, 6.07) is 9.28. The molecule has 2 nitrogen and oxygen atoms in total. The molecule has 2 rings (SSSR count). The van der Waals surface area contributed by atoms with Crippen LogP contribution in [-0.2, 0) is 17.9 Å². The lowest BCUT2D eigenvalue weighted by Gasteiger charge is -2.33. The minimum absolute atomic E-state index is 0.727. The number of hydrogen-bond donors (Lipinski definition) is 1. The average Bonchev–Trinajstić information content (AvgIpc) is 2.31. The maximum absolute atomic E-state index is 5.50. The molecule has 17 heavy (non-hydrogen) atoms. The Labute approximate surface area is 104 Å². The maximum Gasteiger partial charge on any atom is 0.0719 e. The molecule has 0 amide bonds. The Morgan fingerprint density at radius 2 is 1.94 bits per heavy atom. The summed E-state index contributed by atoms with van der Waals surface area (Å²) >= 11 is 0. The van der Waals surface area contributed by atoms with Crippen molar-refractivity contribution in [3.63, 3.8) is 0 Å². The Bertz CT molecular complexity index is 345. The van der Waals surface area contributed by atoms with Crippen LogP contribution in [0.15, 0.2) is 24.3 Å². The molecule has 1 aliphatic carbocycles. The third-order valence-electron chi connectivity index (χ3n) is 3.54. The lowest BCUT2D eigenvalue weighted by Crippen LogP contribution is -2.39. The van der Waals surface area contributed by atoms with Crippen molar-refractivity contribution in [2.24, 2.45) is 5.92 Å². The summed E-state index contributed by atoms with van der Waals surface area (Å²) < 4.78 is 5.50. The van der Waals surface area contributed by atoms with Crippen LogP contribution in [0.5, 0.6) is 0 Å². The van der Waals surface area contributed by atoms with E-state index in [2.05, 4.69) is 36.5 Å². The third kappa shape index (κ3) is 3.55. The van der Waals surface area contributed by atoms with E-state index >= 15 is 0 Å². The van der Waals surface area contributed by atoms with Crippen LogP contribution in [0.25, 0.3) is 0 Å². The third-order valence-corrected chi connectivity index (χ3v) is 3.54. The highest BCUT2D eigenvalue weighted by Crippen LogP contribution is 2.26. The fraction of sp³-hybridized carbons (Fsp3) is 0.600. The van der Waals surface area contributed by atoms with Crippen molar-refractivity contribution in [1.82, 2.24) is 5.32 Å². The second-order valence-corrected chi connectivity index (χ2v) is 5.06. The van der Waals surface area contributed by atoms with Gasteiger partial charge in [-0.05, 0) is 36.8 Å². The van der Waals surface area contributed by atoms with Gasteiger partial charge in [0.1, 0.15) is 0 Å². The van der Waals surface area contributed by atoms with Gasteiger partial charge < -0.3 is 10.1 Å². The molecular weight excluding hydrogens is 210 g/mol. The van der Waals surface area contributed by atoms with Crippen molar-refractivity contribution in [2.45, 2.75) is 45.9 Å². The molecule has 0 spiro atoms. The van der Waals surface area contributed by atoms with E-state index in [0.29, 0.717) is 0 Å². The van der Waals surface area contributed by atoms with Gasteiger partial charge in [-0.2, -0.15) is 0 Å². The molecule has 2 heteroatoms. The first-order chi connectivity index (χ1) is 8.29. The van der Waals surface area contributed by atoms with E-state index in [4.69, 9.17) is 4.74 Å². The van der Waals surface area contributed by atoms with Crippen LogP contribution in [0.3, 0.4) is 0 Å². The summed E-state index contributed by atoms with van der Waals surface area (Å²) in [4.78, 5) is 0. The molecule has 1 aliphatic rings. The highest BCUT2D eigenvalue weighted by atomic mass is 16.5. The molecule has 1 fully saturated rings. The average molecular weight is 233 g/mol. The molecule has 0 saturated heterocycles. The van der Waals surface area contributed by atoms with Gasteiger partial charge in [-0.15, -0.1) is 0 Å². The van der Waals surface area contributed by atoms with Gasteiger partial charge in [0.25, 0.3) is 0 Å². The fourth-order valence-electron chi connectivity index (χ4n) is 2.41. The first-order valence-electron chi connectivity index (χ1n) is 6.67. The number of rotatable bonds is 6. The Hall–Kier alpha value is -0.860. The Morgan fingerprint density at radius 1 is 1.24 bits per heavy atom. The summed E-state index contributed by atoms with van der Waals surface area (Å²) in [5.41, 5.74) is 2.69. The molecular formula is C15H23NO. The monoisotopic (exact) mass is 233 g/mol. The first-order valence-corrected chi connectivity index (χ1v) is 6.67. The molecule has 1 saturated carbocycles. The van der Waals surface area contributed by atoms with Gasteiger partial charge in [-0.3, -0.25) is 0 Å². The van der Waals surface area contributed by atoms with E-state index in [1.807, 2.05) is 6.92 Å². The van der Waals surface area contributed by atoms with Gasteiger partial charge in [0.05, 0.1) is 6.61 Å².